The van der Waals surface area contributed by atoms with E-state index >= 15 is 0 Å². The number of rotatable bonds is 6. The molecule has 6 aromatic rings. The molecule has 1 unspecified atom stereocenters. The van der Waals surface area contributed by atoms with E-state index in [0.717, 1.165) is 55.3 Å². The van der Waals surface area contributed by atoms with Gasteiger partial charge >= 0.3 is 17.6 Å². The lowest BCUT2D eigenvalue weighted by molar-refractivity contribution is -0.145. The molecular weight excluding hydrogens is 695 g/mol. The maximum absolute atomic E-state index is 13.2. The third kappa shape index (κ3) is 7.04. The third-order valence-corrected chi connectivity index (χ3v) is 10.9. The average Bonchev–Trinajstić information content (AvgIpc) is 3.50. The monoisotopic (exact) mass is 729 g/mol. The summed E-state index contributed by atoms with van der Waals surface area (Å²) in [6.45, 7) is 2.33. The Hall–Kier alpha value is -6.18. The van der Waals surface area contributed by atoms with Crippen LogP contribution in [0.1, 0.15) is 25.3 Å². The number of nitrogens with zero attached hydrogens (tertiary/aromatic N) is 4. The number of fused-ring (bicyclic) bond motifs is 4. The summed E-state index contributed by atoms with van der Waals surface area (Å²) >= 11 is 0. The van der Waals surface area contributed by atoms with Crippen molar-refractivity contribution in [3.63, 3.8) is 0 Å². The first kappa shape index (κ1) is 35.2. The normalized spacial score (nSPS) is 17.6. The first-order valence-electron chi connectivity index (χ1n) is 16.8. The summed E-state index contributed by atoms with van der Waals surface area (Å²) in [7, 11) is -3.20. The minimum atomic E-state index is -3.20. The predicted molar refractivity (Wildman–Crippen MR) is 204 cm³/mol. The first-order chi connectivity index (χ1) is 25.3. The highest BCUT2D eigenvalue weighted by Gasteiger charge is 2.34. The molecule has 2 aliphatic rings. The average molecular weight is 730 g/mol. The van der Waals surface area contributed by atoms with E-state index in [1.807, 2.05) is 72.9 Å². The fourth-order valence-electron chi connectivity index (χ4n) is 6.66. The van der Waals surface area contributed by atoms with Gasteiger partial charge in [0, 0.05) is 41.2 Å². The first-order valence-corrected chi connectivity index (χ1v) is 18.6. The molecular formula is C40H35N5O7S. The van der Waals surface area contributed by atoms with Crippen LogP contribution in [-0.2, 0) is 19.6 Å². The van der Waals surface area contributed by atoms with E-state index in [0.29, 0.717) is 25.0 Å². The van der Waals surface area contributed by atoms with Crippen LogP contribution in [0.15, 0.2) is 120 Å². The second-order valence-corrected chi connectivity index (χ2v) is 15.3. The topological polar surface area (TPSA) is 176 Å². The molecule has 4 heterocycles. The van der Waals surface area contributed by atoms with E-state index in [4.69, 9.17) is 10.2 Å². The Morgan fingerprint density at radius 2 is 1.64 bits per heavy atom. The SMILES string of the molecule is CC1(C(=O)O)C=CC=C(C(=O)O)C1.CS(=O)(=O)N1CC=C(c2ccc(-n3c(=O)[nH]c4cnc5ccc(-c6cnc7ccccc7c6)cc5c43)cc2)CC1. The molecule has 0 saturated carbocycles. The number of carbonyl (C=O) groups is 2. The van der Waals surface area contributed by atoms with Gasteiger partial charge in [-0.25, -0.2) is 18.0 Å². The number of hydrogen-bond acceptors (Lipinski definition) is 7. The summed E-state index contributed by atoms with van der Waals surface area (Å²) in [4.78, 5) is 46.7. The number of carboxylic acids is 2. The molecule has 13 heteroatoms. The molecule has 0 saturated heterocycles. The number of carboxylic acid groups (broad SMARTS) is 2. The maximum Gasteiger partial charge on any atom is 0.331 e. The summed E-state index contributed by atoms with van der Waals surface area (Å²) in [6, 6.07) is 24.0. The highest BCUT2D eigenvalue weighted by Crippen LogP contribution is 2.32. The molecule has 1 aliphatic heterocycles. The Morgan fingerprint density at radius 3 is 2.34 bits per heavy atom. The van der Waals surface area contributed by atoms with Crippen molar-refractivity contribution in [2.45, 2.75) is 19.8 Å². The van der Waals surface area contributed by atoms with E-state index in [1.165, 1.54) is 35.7 Å². The summed E-state index contributed by atoms with van der Waals surface area (Å²) in [5.74, 6) is -2.06. The number of hydrogen-bond donors (Lipinski definition) is 3. The number of nitrogens with one attached hydrogen (secondary N) is 1. The van der Waals surface area contributed by atoms with E-state index in [2.05, 4.69) is 27.1 Å². The van der Waals surface area contributed by atoms with Crippen molar-refractivity contribution in [3.8, 4) is 16.8 Å². The molecule has 0 radical (unpaired) electrons. The Kier molecular flexibility index (Phi) is 9.14. The smallest absolute Gasteiger partial charge is 0.331 e. The van der Waals surface area contributed by atoms with Crippen molar-refractivity contribution < 1.29 is 28.2 Å². The Balaban J connectivity index is 0.000000285. The van der Waals surface area contributed by atoms with Crippen molar-refractivity contribution in [2.75, 3.05) is 19.3 Å². The number of pyridine rings is 2. The quantitative estimate of drug-likeness (QED) is 0.181. The number of imidazole rings is 1. The molecule has 1 aliphatic carbocycles. The maximum atomic E-state index is 13.2. The van der Waals surface area contributed by atoms with Gasteiger partial charge in [-0.05, 0) is 72.9 Å². The molecule has 268 valence electrons. The Bertz CT molecular complexity index is 2710. The number of aliphatic carboxylic acids is 2. The highest BCUT2D eigenvalue weighted by atomic mass is 32.2. The molecule has 0 bridgehead atoms. The van der Waals surface area contributed by atoms with Gasteiger partial charge in [-0.3, -0.25) is 19.3 Å². The van der Waals surface area contributed by atoms with E-state index < -0.39 is 27.4 Å². The molecule has 3 aromatic heterocycles. The fourth-order valence-corrected chi connectivity index (χ4v) is 7.43. The molecule has 0 fully saturated rings. The van der Waals surface area contributed by atoms with Crippen molar-refractivity contribution >= 4 is 60.4 Å². The molecule has 3 N–H and O–H groups in total. The van der Waals surface area contributed by atoms with E-state index in [1.54, 1.807) is 10.8 Å². The third-order valence-electron chi connectivity index (χ3n) is 9.65. The summed E-state index contributed by atoms with van der Waals surface area (Å²) in [5.41, 5.74) is 6.79. The molecule has 1 atom stereocenters. The van der Waals surface area contributed by atoms with E-state index in [9.17, 15) is 22.8 Å². The van der Waals surface area contributed by atoms with Crippen LogP contribution in [0.4, 0.5) is 0 Å². The number of allylic oxidation sites excluding steroid dienone is 2. The lowest BCUT2D eigenvalue weighted by Gasteiger charge is -2.24. The van der Waals surface area contributed by atoms with Gasteiger partial charge in [-0.15, -0.1) is 0 Å². The minimum absolute atomic E-state index is 0.0359. The van der Waals surface area contributed by atoms with Crippen LogP contribution in [-0.4, -0.2) is 73.7 Å². The number of benzene rings is 3. The summed E-state index contributed by atoms with van der Waals surface area (Å²) in [5, 5.41) is 19.4. The number of aromatic amines is 1. The Labute approximate surface area is 304 Å². The van der Waals surface area contributed by atoms with Crippen LogP contribution in [0.5, 0.6) is 0 Å². The summed E-state index contributed by atoms with van der Waals surface area (Å²) in [6.07, 6.45) is 11.8. The number of sulfonamides is 1. The molecule has 8 rings (SSSR count). The fraction of sp³-hybridized carbons (Fsp3) is 0.175. The standard InChI is InChI=1S/C31H25N5O3S.C9H10O4/c1-40(38,39)35-14-12-21(13-15-35)20-6-9-25(10-7-20)36-30-26-17-22(8-11-28(26)33-19-29(30)34-31(36)37)24-16-23-4-2-3-5-27(23)32-18-24;1-9(8(12)13)4-2-3-6(5-9)7(10)11/h2-12,16-19H,13-15H2,1H3,(H,34,37);2-4H,5H2,1H3,(H,10,11)(H,12,13). The van der Waals surface area contributed by atoms with Crippen LogP contribution in [0.2, 0.25) is 0 Å². The van der Waals surface area contributed by atoms with Crippen LogP contribution in [0.3, 0.4) is 0 Å². The highest BCUT2D eigenvalue weighted by molar-refractivity contribution is 7.88. The van der Waals surface area contributed by atoms with Crippen molar-refractivity contribution in [2.24, 2.45) is 5.41 Å². The minimum Gasteiger partial charge on any atom is -0.481 e. The molecule has 0 amide bonds. The molecule has 0 spiro atoms. The molecule has 53 heavy (non-hydrogen) atoms. The van der Waals surface area contributed by atoms with E-state index in [-0.39, 0.29) is 17.7 Å². The number of para-hydroxylation sites is 1. The van der Waals surface area contributed by atoms with Crippen molar-refractivity contribution in [1.29, 1.82) is 0 Å². The van der Waals surface area contributed by atoms with Crippen LogP contribution < -0.4 is 5.69 Å². The van der Waals surface area contributed by atoms with Crippen LogP contribution in [0, 0.1) is 5.41 Å². The number of H-pyrrole nitrogens is 1. The van der Waals surface area contributed by atoms with Crippen LogP contribution >= 0.6 is 0 Å². The zero-order valence-electron chi connectivity index (χ0n) is 28.9. The van der Waals surface area contributed by atoms with Gasteiger partial charge in [0.1, 0.15) is 0 Å². The Morgan fingerprint density at radius 1 is 0.906 bits per heavy atom. The molecule has 12 nitrogen and oxygen atoms in total. The second kappa shape index (κ2) is 13.7. The lowest BCUT2D eigenvalue weighted by atomic mass is 9.80. The second-order valence-electron chi connectivity index (χ2n) is 13.3. The predicted octanol–water partition coefficient (Wildman–Crippen LogP) is 6.18. The summed E-state index contributed by atoms with van der Waals surface area (Å²) < 4.78 is 26.8. The zero-order valence-corrected chi connectivity index (χ0v) is 29.7. The largest absolute Gasteiger partial charge is 0.481 e. The number of aromatic nitrogens is 4. The lowest BCUT2D eigenvalue weighted by Crippen LogP contribution is -2.33. The van der Waals surface area contributed by atoms with Gasteiger partial charge in [-0.2, -0.15) is 4.31 Å². The van der Waals surface area contributed by atoms with Gasteiger partial charge < -0.3 is 15.2 Å². The van der Waals surface area contributed by atoms with Gasteiger partial charge in [0.15, 0.2) is 0 Å². The van der Waals surface area contributed by atoms with Gasteiger partial charge in [0.05, 0.1) is 45.6 Å². The zero-order chi connectivity index (χ0) is 37.5. The van der Waals surface area contributed by atoms with Crippen LogP contribution in [0.25, 0.3) is 55.2 Å². The van der Waals surface area contributed by atoms with Gasteiger partial charge in [0.25, 0.3) is 0 Å². The van der Waals surface area contributed by atoms with Gasteiger partial charge in [0.2, 0.25) is 10.0 Å². The van der Waals surface area contributed by atoms with Crippen molar-refractivity contribution in [1.82, 2.24) is 23.8 Å². The molecule has 3 aromatic carbocycles. The van der Waals surface area contributed by atoms with Crippen molar-refractivity contribution in [3.05, 3.63) is 131 Å². The van der Waals surface area contributed by atoms with Gasteiger partial charge in [-0.1, -0.05) is 60.7 Å².